The van der Waals surface area contributed by atoms with E-state index in [9.17, 15) is 0 Å². The number of hydrogen-bond acceptors (Lipinski definition) is 0. The van der Waals surface area contributed by atoms with Gasteiger partial charge in [-0.3, -0.25) is 0 Å². The van der Waals surface area contributed by atoms with Crippen molar-refractivity contribution in [3.63, 3.8) is 0 Å². The minimum Gasteiger partial charge on any atom is -0.0794 e. The lowest BCUT2D eigenvalue weighted by Gasteiger charge is -2.14. The molecule has 0 atom stereocenters. The highest BCUT2D eigenvalue weighted by Gasteiger charge is 2.17. The normalized spacial score (nSPS) is 13.3. The van der Waals surface area contributed by atoms with Crippen LogP contribution in [0.2, 0.25) is 0 Å². The second kappa shape index (κ2) is 4.30. The van der Waals surface area contributed by atoms with E-state index in [0.29, 0.717) is 0 Å². The van der Waals surface area contributed by atoms with Gasteiger partial charge in [-0.2, -0.15) is 0 Å². The fourth-order valence-electron chi connectivity index (χ4n) is 2.75. The van der Waals surface area contributed by atoms with Gasteiger partial charge in [-0.1, -0.05) is 49.8 Å². The molecule has 0 unspecified atom stereocenters. The van der Waals surface area contributed by atoms with Crippen LogP contribution in [-0.4, -0.2) is 0 Å². The van der Waals surface area contributed by atoms with Crippen molar-refractivity contribution in [3.05, 3.63) is 51.5 Å². The maximum atomic E-state index is 3.80. The van der Waals surface area contributed by atoms with Gasteiger partial charge in [0.05, 0.1) is 0 Å². The predicted octanol–water partition coefficient (Wildman–Crippen LogP) is 5.12. The molecule has 0 aliphatic heterocycles. The average molecular weight is 287 g/mol. The fraction of sp³-hybridized carbons (Fsp3) is 0.250. The summed E-state index contributed by atoms with van der Waals surface area (Å²) in [5.74, 6) is 0. The molecular formula is C16H15Br. The van der Waals surface area contributed by atoms with Gasteiger partial charge in [0.2, 0.25) is 0 Å². The first-order valence-corrected chi connectivity index (χ1v) is 7.00. The zero-order valence-corrected chi connectivity index (χ0v) is 11.5. The molecule has 0 amide bonds. The summed E-state index contributed by atoms with van der Waals surface area (Å²) in [5.41, 5.74) is 4.34. The monoisotopic (exact) mass is 286 g/mol. The van der Waals surface area contributed by atoms with E-state index in [-0.39, 0.29) is 0 Å². The lowest BCUT2D eigenvalue weighted by atomic mass is 9.94. The van der Waals surface area contributed by atoms with Crippen molar-refractivity contribution < 1.29 is 0 Å². The van der Waals surface area contributed by atoms with E-state index < -0.39 is 0 Å². The lowest BCUT2D eigenvalue weighted by molar-refractivity contribution is 0.924. The molecule has 17 heavy (non-hydrogen) atoms. The van der Waals surface area contributed by atoms with Crippen LogP contribution in [0.1, 0.15) is 30.0 Å². The van der Waals surface area contributed by atoms with Crippen LogP contribution in [0.15, 0.2) is 34.8 Å². The topological polar surface area (TPSA) is 0 Å². The van der Waals surface area contributed by atoms with Crippen molar-refractivity contribution >= 4 is 32.8 Å². The highest BCUT2D eigenvalue weighted by atomic mass is 79.9. The van der Waals surface area contributed by atoms with Crippen molar-refractivity contribution in [2.24, 2.45) is 0 Å². The number of aryl methyl sites for hydroxylation is 1. The smallest absolute Gasteiger partial charge is 0.0288 e. The third kappa shape index (κ3) is 1.64. The second-order valence-electron chi connectivity index (χ2n) is 4.59. The van der Waals surface area contributed by atoms with Gasteiger partial charge in [0, 0.05) is 4.47 Å². The van der Waals surface area contributed by atoms with Crippen LogP contribution in [0.3, 0.4) is 0 Å². The average Bonchev–Trinajstić information content (AvgIpc) is 2.84. The maximum absolute atomic E-state index is 3.80. The summed E-state index contributed by atoms with van der Waals surface area (Å²) in [4.78, 5) is 0. The van der Waals surface area contributed by atoms with E-state index in [0.717, 1.165) is 12.8 Å². The molecule has 1 aliphatic carbocycles. The molecule has 0 heterocycles. The number of allylic oxidation sites excluding steroid dienone is 1. The first-order valence-electron chi connectivity index (χ1n) is 6.21. The number of halogens is 1. The molecule has 0 nitrogen and oxygen atoms in total. The highest BCUT2D eigenvalue weighted by Crippen LogP contribution is 2.38. The first-order chi connectivity index (χ1) is 8.33. The Bertz CT molecular complexity index is 608. The summed E-state index contributed by atoms with van der Waals surface area (Å²) >= 11 is 3.80. The minimum absolute atomic E-state index is 1.07. The SMILES string of the molecule is CCCc1c(Br)c2c(c3ccccc13)CC=C2. The van der Waals surface area contributed by atoms with Gasteiger partial charge in [-0.25, -0.2) is 0 Å². The standard InChI is InChI=1S/C16H15Br/c1-2-6-14-12-8-4-3-7-11(12)13-9-5-10-15(13)16(14)17/h3-5,7-8,10H,2,6,9H2,1H3. The summed E-state index contributed by atoms with van der Waals surface area (Å²) in [7, 11) is 0. The highest BCUT2D eigenvalue weighted by molar-refractivity contribution is 9.10. The van der Waals surface area contributed by atoms with Crippen molar-refractivity contribution in [2.75, 3.05) is 0 Å². The molecule has 1 aliphatic rings. The minimum atomic E-state index is 1.07. The molecule has 3 rings (SSSR count). The molecule has 0 spiro atoms. The molecule has 0 bridgehead atoms. The molecular weight excluding hydrogens is 272 g/mol. The first kappa shape index (κ1) is 11.0. The van der Waals surface area contributed by atoms with Gasteiger partial charge in [0.15, 0.2) is 0 Å². The molecule has 2 aromatic rings. The number of hydrogen-bond donors (Lipinski definition) is 0. The Balaban J connectivity index is 2.41. The van der Waals surface area contributed by atoms with Crippen LogP contribution in [0.4, 0.5) is 0 Å². The molecule has 0 saturated heterocycles. The molecule has 86 valence electrons. The zero-order chi connectivity index (χ0) is 11.8. The molecule has 0 aromatic heterocycles. The largest absolute Gasteiger partial charge is 0.0794 e. The summed E-state index contributed by atoms with van der Waals surface area (Å²) in [6, 6.07) is 8.80. The van der Waals surface area contributed by atoms with E-state index >= 15 is 0 Å². The van der Waals surface area contributed by atoms with Crippen LogP contribution >= 0.6 is 15.9 Å². The Morgan fingerprint density at radius 2 is 1.94 bits per heavy atom. The van der Waals surface area contributed by atoms with Crippen molar-refractivity contribution in [1.82, 2.24) is 0 Å². The van der Waals surface area contributed by atoms with E-state index in [1.165, 1.54) is 38.4 Å². The van der Waals surface area contributed by atoms with Crippen LogP contribution < -0.4 is 0 Å². The molecule has 0 N–H and O–H groups in total. The summed E-state index contributed by atoms with van der Waals surface area (Å²) in [6.07, 6.45) is 7.91. The quantitative estimate of drug-likeness (QED) is 0.718. The Kier molecular flexibility index (Phi) is 2.79. The van der Waals surface area contributed by atoms with Gasteiger partial charge < -0.3 is 0 Å². The van der Waals surface area contributed by atoms with E-state index in [4.69, 9.17) is 0 Å². The fourth-order valence-corrected chi connectivity index (χ4v) is 3.53. The Hall–Kier alpha value is -1.08. The Morgan fingerprint density at radius 3 is 2.71 bits per heavy atom. The molecule has 1 heteroatoms. The van der Waals surface area contributed by atoms with Crippen LogP contribution in [0.5, 0.6) is 0 Å². The van der Waals surface area contributed by atoms with E-state index in [1.54, 1.807) is 0 Å². The van der Waals surface area contributed by atoms with Gasteiger partial charge in [0.1, 0.15) is 0 Å². The third-order valence-electron chi connectivity index (χ3n) is 3.51. The molecule has 2 aromatic carbocycles. The summed E-state index contributed by atoms with van der Waals surface area (Å²) in [6.45, 7) is 2.24. The lowest BCUT2D eigenvalue weighted by Crippen LogP contribution is -1.95. The van der Waals surface area contributed by atoms with Gasteiger partial charge in [-0.15, -0.1) is 0 Å². The zero-order valence-electron chi connectivity index (χ0n) is 9.96. The number of rotatable bonds is 2. The Labute approximate surface area is 110 Å². The second-order valence-corrected chi connectivity index (χ2v) is 5.38. The summed E-state index contributed by atoms with van der Waals surface area (Å²) in [5, 5.41) is 2.85. The van der Waals surface area contributed by atoms with Crippen molar-refractivity contribution in [2.45, 2.75) is 26.2 Å². The summed E-state index contributed by atoms with van der Waals surface area (Å²) < 4.78 is 1.31. The van der Waals surface area contributed by atoms with Gasteiger partial charge >= 0.3 is 0 Å². The van der Waals surface area contributed by atoms with E-state index in [2.05, 4.69) is 59.3 Å². The van der Waals surface area contributed by atoms with E-state index in [1.807, 2.05) is 0 Å². The molecule has 0 saturated carbocycles. The van der Waals surface area contributed by atoms with Crippen LogP contribution in [-0.2, 0) is 12.8 Å². The maximum Gasteiger partial charge on any atom is 0.0288 e. The van der Waals surface area contributed by atoms with Gasteiger partial charge in [0.25, 0.3) is 0 Å². The molecule has 0 radical (unpaired) electrons. The molecule has 0 fully saturated rings. The number of fused-ring (bicyclic) bond motifs is 3. The Morgan fingerprint density at radius 1 is 1.18 bits per heavy atom. The predicted molar refractivity (Wildman–Crippen MR) is 78.4 cm³/mol. The van der Waals surface area contributed by atoms with Crippen LogP contribution in [0, 0.1) is 0 Å². The van der Waals surface area contributed by atoms with Crippen molar-refractivity contribution in [3.8, 4) is 0 Å². The van der Waals surface area contributed by atoms with Crippen molar-refractivity contribution in [1.29, 1.82) is 0 Å². The third-order valence-corrected chi connectivity index (χ3v) is 4.42. The van der Waals surface area contributed by atoms with Crippen LogP contribution in [0.25, 0.3) is 16.8 Å². The van der Waals surface area contributed by atoms with Gasteiger partial charge in [-0.05, 0) is 56.2 Å². The number of benzene rings is 2.